The van der Waals surface area contributed by atoms with Crippen LogP contribution in [0.4, 0.5) is 0 Å². The van der Waals surface area contributed by atoms with Gasteiger partial charge in [0.2, 0.25) is 5.91 Å². The topological polar surface area (TPSA) is 29.1 Å². The van der Waals surface area contributed by atoms with Gasteiger partial charge in [0.25, 0.3) is 0 Å². The van der Waals surface area contributed by atoms with Crippen molar-refractivity contribution in [1.82, 2.24) is 5.32 Å². The molecule has 0 aromatic rings. The minimum absolute atomic E-state index is 0.0664. The van der Waals surface area contributed by atoms with Crippen LogP contribution in [0.25, 0.3) is 0 Å². The van der Waals surface area contributed by atoms with Crippen molar-refractivity contribution in [2.75, 3.05) is 6.54 Å². The molecule has 0 bridgehead atoms. The van der Waals surface area contributed by atoms with Crippen LogP contribution in [0, 0.1) is 5.41 Å². The average Bonchev–Trinajstić information content (AvgIpc) is 2.45. The Kier molecular flexibility index (Phi) is 11.5. The molecule has 0 aromatic carbocycles. The average molecular weight is 306 g/mol. The molecule has 2 heteroatoms. The normalized spacial score (nSPS) is 11.0. The molecule has 0 radical (unpaired) electrons. The summed E-state index contributed by atoms with van der Waals surface area (Å²) >= 11 is 0. The van der Waals surface area contributed by atoms with Gasteiger partial charge in [-0.2, -0.15) is 0 Å². The highest BCUT2D eigenvalue weighted by molar-refractivity contribution is 5.72. The molecular weight excluding hydrogens is 270 g/mol. The molecule has 1 N–H and O–H groups in total. The molecule has 1 amide bonds. The van der Waals surface area contributed by atoms with Crippen LogP contribution in [-0.4, -0.2) is 12.5 Å². The number of unbranched alkanes of at least 4 members (excludes halogenated alkanes) is 2. The standard InChI is InChI=1S/C20H35NO/c1-6-8-10-14-20(15-11-9-7-2,17-21-19(5)22)16-12-13-18(3)4/h6-7H,1-3,8-17H2,4-5H3,(H,21,22). The van der Waals surface area contributed by atoms with Crippen molar-refractivity contribution in [2.45, 2.75) is 71.6 Å². The van der Waals surface area contributed by atoms with E-state index in [0.29, 0.717) is 0 Å². The van der Waals surface area contributed by atoms with Crippen molar-refractivity contribution in [3.63, 3.8) is 0 Å². The number of carbonyl (C=O) groups is 1. The second-order valence-electron chi connectivity index (χ2n) is 6.58. The van der Waals surface area contributed by atoms with E-state index >= 15 is 0 Å². The zero-order chi connectivity index (χ0) is 16.8. The first kappa shape index (κ1) is 20.7. The number of allylic oxidation sites excluding steroid dienone is 3. The third-order valence-corrected chi connectivity index (χ3v) is 4.25. The molecule has 2 nitrogen and oxygen atoms in total. The van der Waals surface area contributed by atoms with Crippen molar-refractivity contribution in [2.24, 2.45) is 5.41 Å². The second kappa shape index (κ2) is 12.3. The highest BCUT2D eigenvalue weighted by Crippen LogP contribution is 2.36. The first-order valence-electron chi connectivity index (χ1n) is 8.56. The summed E-state index contributed by atoms with van der Waals surface area (Å²) < 4.78 is 0. The maximum absolute atomic E-state index is 11.4. The Morgan fingerprint density at radius 2 is 1.50 bits per heavy atom. The number of hydrogen-bond acceptors (Lipinski definition) is 1. The molecule has 0 fully saturated rings. The molecule has 22 heavy (non-hydrogen) atoms. The van der Waals surface area contributed by atoms with Crippen LogP contribution < -0.4 is 5.32 Å². The van der Waals surface area contributed by atoms with E-state index in [9.17, 15) is 4.79 Å². The molecule has 0 rings (SSSR count). The molecule has 0 saturated carbocycles. The van der Waals surface area contributed by atoms with Gasteiger partial charge < -0.3 is 5.32 Å². The summed E-state index contributed by atoms with van der Waals surface area (Å²) in [5.74, 6) is 0.0664. The Balaban J connectivity index is 4.81. The smallest absolute Gasteiger partial charge is 0.216 e. The van der Waals surface area contributed by atoms with E-state index in [4.69, 9.17) is 0 Å². The van der Waals surface area contributed by atoms with Gasteiger partial charge in [-0.3, -0.25) is 4.79 Å². The van der Waals surface area contributed by atoms with Crippen LogP contribution >= 0.6 is 0 Å². The van der Waals surface area contributed by atoms with Gasteiger partial charge in [0, 0.05) is 13.5 Å². The van der Waals surface area contributed by atoms with Crippen molar-refractivity contribution >= 4 is 5.91 Å². The highest BCUT2D eigenvalue weighted by atomic mass is 16.1. The molecule has 0 aromatic heterocycles. The van der Waals surface area contributed by atoms with E-state index in [2.05, 4.69) is 32.0 Å². The fourth-order valence-corrected chi connectivity index (χ4v) is 2.96. The largest absolute Gasteiger partial charge is 0.356 e. The Labute approximate surface area is 137 Å². The van der Waals surface area contributed by atoms with E-state index in [0.717, 1.165) is 64.3 Å². The van der Waals surface area contributed by atoms with Crippen LogP contribution in [-0.2, 0) is 4.79 Å². The molecule has 0 heterocycles. The van der Waals surface area contributed by atoms with Gasteiger partial charge in [0.15, 0.2) is 0 Å². The number of carbonyl (C=O) groups excluding carboxylic acids is 1. The molecular formula is C20H35NO. The van der Waals surface area contributed by atoms with Crippen LogP contribution in [0.2, 0.25) is 0 Å². The minimum Gasteiger partial charge on any atom is -0.356 e. The predicted octanol–water partition coefficient (Wildman–Crippen LogP) is 5.57. The predicted molar refractivity (Wildman–Crippen MR) is 97.9 cm³/mol. The Morgan fingerprint density at radius 1 is 1.00 bits per heavy atom. The van der Waals surface area contributed by atoms with Crippen LogP contribution in [0.15, 0.2) is 37.5 Å². The molecule has 0 unspecified atom stereocenters. The third-order valence-electron chi connectivity index (χ3n) is 4.25. The fourth-order valence-electron chi connectivity index (χ4n) is 2.96. The molecule has 0 aliphatic heterocycles. The lowest BCUT2D eigenvalue weighted by molar-refractivity contribution is -0.119. The summed E-state index contributed by atoms with van der Waals surface area (Å²) in [6.45, 7) is 16.1. The van der Waals surface area contributed by atoms with E-state index in [1.54, 1.807) is 6.92 Å². The highest BCUT2D eigenvalue weighted by Gasteiger charge is 2.28. The van der Waals surface area contributed by atoms with E-state index in [1.807, 2.05) is 12.2 Å². The summed E-state index contributed by atoms with van der Waals surface area (Å²) in [6.07, 6.45) is 14.0. The zero-order valence-electron chi connectivity index (χ0n) is 14.8. The summed E-state index contributed by atoms with van der Waals surface area (Å²) in [5, 5.41) is 3.07. The van der Waals surface area contributed by atoms with Gasteiger partial charge in [-0.25, -0.2) is 0 Å². The number of rotatable bonds is 14. The molecule has 0 saturated heterocycles. The summed E-state index contributed by atoms with van der Waals surface area (Å²) in [7, 11) is 0. The van der Waals surface area contributed by atoms with Crippen molar-refractivity contribution in [3.05, 3.63) is 37.5 Å². The molecule has 0 spiro atoms. The van der Waals surface area contributed by atoms with E-state index in [1.165, 1.54) is 5.57 Å². The molecule has 0 atom stereocenters. The Morgan fingerprint density at radius 3 is 1.91 bits per heavy atom. The van der Waals surface area contributed by atoms with Crippen molar-refractivity contribution < 1.29 is 4.79 Å². The quantitative estimate of drug-likeness (QED) is 0.330. The lowest BCUT2D eigenvalue weighted by Gasteiger charge is -2.34. The second-order valence-corrected chi connectivity index (χ2v) is 6.58. The summed E-state index contributed by atoms with van der Waals surface area (Å²) in [6, 6.07) is 0. The third kappa shape index (κ3) is 10.4. The van der Waals surface area contributed by atoms with Gasteiger partial charge >= 0.3 is 0 Å². The number of amides is 1. The number of nitrogens with one attached hydrogen (secondary N) is 1. The van der Waals surface area contributed by atoms with E-state index < -0.39 is 0 Å². The van der Waals surface area contributed by atoms with Gasteiger partial charge in [0.1, 0.15) is 0 Å². The van der Waals surface area contributed by atoms with Gasteiger partial charge in [-0.15, -0.1) is 19.7 Å². The lowest BCUT2D eigenvalue weighted by atomic mass is 9.74. The monoisotopic (exact) mass is 305 g/mol. The Bertz CT molecular complexity index is 343. The van der Waals surface area contributed by atoms with E-state index in [-0.39, 0.29) is 11.3 Å². The zero-order valence-corrected chi connectivity index (χ0v) is 14.8. The van der Waals surface area contributed by atoms with Crippen LogP contribution in [0.5, 0.6) is 0 Å². The maximum Gasteiger partial charge on any atom is 0.216 e. The van der Waals surface area contributed by atoms with Gasteiger partial charge in [-0.1, -0.05) is 17.7 Å². The lowest BCUT2D eigenvalue weighted by Crippen LogP contribution is -2.37. The molecule has 126 valence electrons. The Hall–Kier alpha value is -1.31. The summed E-state index contributed by atoms with van der Waals surface area (Å²) in [4.78, 5) is 11.4. The first-order chi connectivity index (χ1) is 10.5. The molecule has 0 aliphatic rings. The number of hydrogen-bond donors (Lipinski definition) is 1. The van der Waals surface area contributed by atoms with Crippen molar-refractivity contribution in [1.29, 1.82) is 0 Å². The fraction of sp³-hybridized carbons (Fsp3) is 0.650. The molecule has 0 aliphatic carbocycles. The minimum atomic E-state index is 0.0664. The van der Waals surface area contributed by atoms with Gasteiger partial charge in [-0.05, 0) is 70.1 Å². The van der Waals surface area contributed by atoms with Gasteiger partial charge in [0.05, 0.1) is 0 Å². The van der Waals surface area contributed by atoms with Crippen LogP contribution in [0.3, 0.4) is 0 Å². The maximum atomic E-state index is 11.4. The van der Waals surface area contributed by atoms with Crippen molar-refractivity contribution in [3.8, 4) is 0 Å². The van der Waals surface area contributed by atoms with Crippen LogP contribution in [0.1, 0.15) is 71.6 Å². The summed E-state index contributed by atoms with van der Waals surface area (Å²) in [5.41, 5.74) is 1.44. The first-order valence-corrected chi connectivity index (χ1v) is 8.56. The SMILES string of the molecule is C=CCCCC(CCCC=C)(CCCC(=C)C)CNC(C)=O.